The number of thioether (sulfide) groups is 1. The van der Waals surface area contributed by atoms with Crippen LogP contribution in [0.2, 0.25) is 0 Å². The summed E-state index contributed by atoms with van der Waals surface area (Å²) in [6.07, 6.45) is 0. The molecule has 0 N–H and O–H groups in total. The quantitative estimate of drug-likeness (QED) is 0.680. The van der Waals surface area contributed by atoms with Crippen LogP contribution >= 0.6 is 11.8 Å². The van der Waals surface area contributed by atoms with Gasteiger partial charge in [0.05, 0.1) is 6.61 Å². The molecule has 2 heteroatoms. The van der Waals surface area contributed by atoms with Crippen LogP contribution in [-0.4, -0.2) is 12.4 Å². The number of benzene rings is 1. The molecule has 13 heavy (non-hydrogen) atoms. The second kappa shape index (κ2) is 3.35. The van der Waals surface area contributed by atoms with Gasteiger partial charge in [-0.1, -0.05) is 29.8 Å². The molecule has 1 heterocycles. The Balaban J connectivity index is 2.33. The van der Waals surface area contributed by atoms with Gasteiger partial charge in [0, 0.05) is 5.75 Å². The van der Waals surface area contributed by atoms with Crippen molar-refractivity contribution in [2.75, 3.05) is 12.4 Å². The van der Waals surface area contributed by atoms with Crippen LogP contribution in [0.25, 0.3) is 0 Å². The molecule has 0 bridgehead atoms. The molecule has 1 aromatic carbocycles. The van der Waals surface area contributed by atoms with Gasteiger partial charge in [-0.05, 0) is 19.4 Å². The minimum atomic E-state index is -0.105. The molecular formula is C11H14OS. The highest BCUT2D eigenvalue weighted by Crippen LogP contribution is 2.41. The highest BCUT2D eigenvalue weighted by Gasteiger charge is 2.32. The van der Waals surface area contributed by atoms with E-state index in [-0.39, 0.29) is 4.93 Å². The normalized spacial score (nSPS) is 27.8. The first-order valence-electron chi connectivity index (χ1n) is 4.56. The summed E-state index contributed by atoms with van der Waals surface area (Å²) < 4.78 is 5.74. The maximum absolute atomic E-state index is 5.74. The van der Waals surface area contributed by atoms with Crippen LogP contribution in [0.15, 0.2) is 24.3 Å². The summed E-state index contributed by atoms with van der Waals surface area (Å²) in [5.41, 5.74) is 2.59. The van der Waals surface area contributed by atoms with Crippen molar-refractivity contribution in [2.24, 2.45) is 0 Å². The number of aryl methyl sites for hydroxylation is 1. The van der Waals surface area contributed by atoms with E-state index in [4.69, 9.17) is 4.74 Å². The molecule has 2 rings (SSSR count). The molecule has 0 aromatic heterocycles. The molecule has 1 aliphatic heterocycles. The molecule has 1 aromatic rings. The smallest absolute Gasteiger partial charge is 0.136 e. The summed E-state index contributed by atoms with van der Waals surface area (Å²) in [4.78, 5) is -0.105. The first kappa shape index (κ1) is 9.10. The lowest BCUT2D eigenvalue weighted by Crippen LogP contribution is -2.16. The molecule has 0 amide bonds. The lowest BCUT2D eigenvalue weighted by atomic mass is 10.1. The van der Waals surface area contributed by atoms with Crippen LogP contribution in [0.3, 0.4) is 0 Å². The molecule has 0 saturated carbocycles. The Hall–Kier alpha value is -0.470. The van der Waals surface area contributed by atoms with Crippen LogP contribution in [-0.2, 0) is 9.67 Å². The summed E-state index contributed by atoms with van der Waals surface area (Å²) in [5, 5.41) is 0. The SMILES string of the molecule is Cc1cccc(C2(C)OCCS2)c1. The van der Waals surface area contributed by atoms with E-state index in [1.807, 2.05) is 11.8 Å². The monoisotopic (exact) mass is 194 g/mol. The van der Waals surface area contributed by atoms with Crippen molar-refractivity contribution in [3.05, 3.63) is 35.4 Å². The van der Waals surface area contributed by atoms with E-state index >= 15 is 0 Å². The first-order chi connectivity index (χ1) is 6.21. The van der Waals surface area contributed by atoms with Gasteiger partial charge in [-0.15, -0.1) is 11.8 Å². The third-order valence-electron chi connectivity index (χ3n) is 2.38. The van der Waals surface area contributed by atoms with Gasteiger partial charge < -0.3 is 4.74 Å². The minimum Gasteiger partial charge on any atom is -0.359 e. The summed E-state index contributed by atoms with van der Waals surface area (Å²) in [6, 6.07) is 8.56. The second-order valence-corrected chi connectivity index (χ2v) is 4.99. The zero-order valence-electron chi connectivity index (χ0n) is 8.04. The van der Waals surface area contributed by atoms with E-state index < -0.39 is 0 Å². The van der Waals surface area contributed by atoms with Gasteiger partial charge in [0.2, 0.25) is 0 Å². The standard InChI is InChI=1S/C11H14OS/c1-9-4-3-5-10(8-9)11(2)12-6-7-13-11/h3-5,8H,6-7H2,1-2H3. The third kappa shape index (κ3) is 1.74. The zero-order chi connectivity index (χ0) is 9.31. The third-order valence-corrected chi connectivity index (χ3v) is 3.66. The average molecular weight is 194 g/mol. The molecule has 1 unspecified atom stereocenters. The van der Waals surface area contributed by atoms with E-state index in [0.29, 0.717) is 0 Å². The first-order valence-corrected chi connectivity index (χ1v) is 5.54. The van der Waals surface area contributed by atoms with Crippen LogP contribution < -0.4 is 0 Å². The lowest BCUT2D eigenvalue weighted by molar-refractivity contribution is 0.0644. The van der Waals surface area contributed by atoms with Gasteiger partial charge in [0.15, 0.2) is 0 Å². The Bertz CT molecular complexity index is 303. The number of hydrogen-bond donors (Lipinski definition) is 0. The second-order valence-electron chi connectivity index (χ2n) is 3.51. The molecule has 1 atom stereocenters. The van der Waals surface area contributed by atoms with E-state index in [0.717, 1.165) is 12.4 Å². The topological polar surface area (TPSA) is 9.23 Å². The maximum Gasteiger partial charge on any atom is 0.136 e. The van der Waals surface area contributed by atoms with Gasteiger partial charge in [0.25, 0.3) is 0 Å². The zero-order valence-corrected chi connectivity index (χ0v) is 8.86. The van der Waals surface area contributed by atoms with E-state index in [1.165, 1.54) is 11.1 Å². The Kier molecular flexibility index (Phi) is 2.35. The van der Waals surface area contributed by atoms with E-state index in [9.17, 15) is 0 Å². The van der Waals surface area contributed by atoms with Crippen LogP contribution in [0.5, 0.6) is 0 Å². The van der Waals surface area contributed by atoms with Crippen LogP contribution in [0.1, 0.15) is 18.1 Å². The van der Waals surface area contributed by atoms with Gasteiger partial charge in [0.1, 0.15) is 4.93 Å². The van der Waals surface area contributed by atoms with Gasteiger partial charge >= 0.3 is 0 Å². The van der Waals surface area contributed by atoms with Crippen molar-refractivity contribution in [3.8, 4) is 0 Å². The Labute approximate surface area is 83.5 Å². The van der Waals surface area contributed by atoms with Crippen LogP contribution in [0, 0.1) is 6.92 Å². The van der Waals surface area contributed by atoms with Gasteiger partial charge in [-0.25, -0.2) is 0 Å². The van der Waals surface area contributed by atoms with Crippen molar-refractivity contribution in [3.63, 3.8) is 0 Å². The summed E-state index contributed by atoms with van der Waals surface area (Å²) in [6.45, 7) is 5.14. The summed E-state index contributed by atoms with van der Waals surface area (Å²) in [5.74, 6) is 1.10. The maximum atomic E-state index is 5.74. The van der Waals surface area contributed by atoms with Crippen molar-refractivity contribution in [1.29, 1.82) is 0 Å². The molecule has 1 saturated heterocycles. The van der Waals surface area contributed by atoms with Crippen molar-refractivity contribution in [2.45, 2.75) is 18.8 Å². The van der Waals surface area contributed by atoms with Crippen molar-refractivity contribution in [1.82, 2.24) is 0 Å². The highest BCUT2D eigenvalue weighted by molar-refractivity contribution is 8.00. The fourth-order valence-electron chi connectivity index (χ4n) is 1.61. The predicted octanol–water partition coefficient (Wildman–Crippen LogP) is 2.93. The Morgan fingerprint density at radius 2 is 2.31 bits per heavy atom. The van der Waals surface area contributed by atoms with E-state index in [1.54, 1.807) is 0 Å². The molecule has 0 spiro atoms. The fraction of sp³-hybridized carbons (Fsp3) is 0.455. The molecular weight excluding hydrogens is 180 g/mol. The number of hydrogen-bond acceptors (Lipinski definition) is 2. The largest absolute Gasteiger partial charge is 0.359 e. The Morgan fingerprint density at radius 1 is 1.46 bits per heavy atom. The minimum absolute atomic E-state index is 0.105. The summed E-state index contributed by atoms with van der Waals surface area (Å²) >= 11 is 1.88. The number of ether oxygens (including phenoxy) is 1. The molecule has 70 valence electrons. The van der Waals surface area contributed by atoms with E-state index in [2.05, 4.69) is 38.1 Å². The summed E-state index contributed by atoms with van der Waals surface area (Å²) in [7, 11) is 0. The van der Waals surface area contributed by atoms with Gasteiger partial charge in [-0.3, -0.25) is 0 Å². The molecule has 0 aliphatic carbocycles. The van der Waals surface area contributed by atoms with Crippen molar-refractivity contribution < 1.29 is 4.74 Å². The molecule has 1 aliphatic rings. The molecule has 1 nitrogen and oxygen atoms in total. The fourth-order valence-corrected chi connectivity index (χ4v) is 2.63. The highest BCUT2D eigenvalue weighted by atomic mass is 32.2. The molecule has 0 radical (unpaired) electrons. The van der Waals surface area contributed by atoms with Crippen LogP contribution in [0.4, 0.5) is 0 Å². The molecule has 1 fully saturated rings. The predicted molar refractivity (Wildman–Crippen MR) is 56.9 cm³/mol. The van der Waals surface area contributed by atoms with Crippen molar-refractivity contribution >= 4 is 11.8 Å². The van der Waals surface area contributed by atoms with Gasteiger partial charge in [-0.2, -0.15) is 0 Å². The Morgan fingerprint density at radius 3 is 2.92 bits per heavy atom. The lowest BCUT2D eigenvalue weighted by Gasteiger charge is -2.22. The number of rotatable bonds is 1. The average Bonchev–Trinajstić information content (AvgIpc) is 2.54.